The second-order valence-corrected chi connectivity index (χ2v) is 5.28. The highest BCUT2D eigenvalue weighted by molar-refractivity contribution is 5.92. The minimum absolute atomic E-state index is 0.000293. The summed E-state index contributed by atoms with van der Waals surface area (Å²) in [5.74, 6) is 0.650. The van der Waals surface area contributed by atoms with Crippen LogP contribution < -0.4 is 5.73 Å². The molecule has 2 aromatic heterocycles. The van der Waals surface area contributed by atoms with Crippen molar-refractivity contribution >= 4 is 11.8 Å². The van der Waals surface area contributed by atoms with Gasteiger partial charge in [0, 0.05) is 37.8 Å². The van der Waals surface area contributed by atoms with E-state index in [1.807, 2.05) is 18.0 Å². The summed E-state index contributed by atoms with van der Waals surface area (Å²) < 4.78 is 6.67. The standard InChI is InChI=1S/C14H19N5O2/c1-2-19-8-5-11(16-19)14(20)18-6-3-10(4-7-18)12-9-13(15)21-17-12/h5,8-10H,2-4,6-7,15H2,1H3. The topological polar surface area (TPSA) is 90.2 Å². The van der Waals surface area contributed by atoms with Crippen molar-refractivity contribution in [3.8, 4) is 0 Å². The molecule has 0 aromatic carbocycles. The first-order chi connectivity index (χ1) is 10.2. The van der Waals surface area contributed by atoms with Crippen LogP contribution >= 0.6 is 0 Å². The number of aryl methyl sites for hydroxylation is 1. The van der Waals surface area contributed by atoms with Gasteiger partial charge in [-0.15, -0.1) is 0 Å². The van der Waals surface area contributed by atoms with Crippen LogP contribution in [0.5, 0.6) is 0 Å². The molecule has 2 N–H and O–H groups in total. The molecule has 2 aromatic rings. The minimum Gasteiger partial charge on any atom is -0.368 e. The van der Waals surface area contributed by atoms with Crippen LogP contribution in [-0.4, -0.2) is 38.8 Å². The van der Waals surface area contributed by atoms with E-state index in [4.69, 9.17) is 10.3 Å². The molecule has 7 heteroatoms. The molecule has 3 heterocycles. The van der Waals surface area contributed by atoms with Gasteiger partial charge in [0.05, 0.1) is 5.69 Å². The molecule has 1 aliphatic rings. The zero-order chi connectivity index (χ0) is 14.8. The number of rotatable bonds is 3. The lowest BCUT2D eigenvalue weighted by molar-refractivity contribution is 0.0704. The van der Waals surface area contributed by atoms with Crippen molar-refractivity contribution in [2.75, 3.05) is 18.8 Å². The fourth-order valence-corrected chi connectivity index (χ4v) is 2.69. The Morgan fingerprint density at radius 1 is 1.48 bits per heavy atom. The number of amides is 1. The number of carbonyl (C=O) groups excluding carboxylic acids is 1. The number of anilines is 1. The summed E-state index contributed by atoms with van der Waals surface area (Å²) in [5, 5.41) is 8.23. The number of nitrogens with zero attached hydrogens (tertiary/aromatic N) is 4. The highest BCUT2D eigenvalue weighted by atomic mass is 16.5. The van der Waals surface area contributed by atoms with Crippen molar-refractivity contribution in [1.29, 1.82) is 0 Å². The number of likely N-dealkylation sites (tertiary alicyclic amines) is 1. The van der Waals surface area contributed by atoms with E-state index in [2.05, 4.69) is 10.3 Å². The lowest BCUT2D eigenvalue weighted by Crippen LogP contribution is -2.38. The van der Waals surface area contributed by atoms with Gasteiger partial charge < -0.3 is 15.2 Å². The summed E-state index contributed by atoms with van der Waals surface area (Å²) in [6.45, 7) is 4.17. The van der Waals surface area contributed by atoms with Gasteiger partial charge in [0.1, 0.15) is 5.69 Å². The predicted molar refractivity (Wildman–Crippen MR) is 76.7 cm³/mol. The van der Waals surface area contributed by atoms with E-state index in [9.17, 15) is 4.79 Å². The molecule has 0 radical (unpaired) electrons. The van der Waals surface area contributed by atoms with Gasteiger partial charge in [-0.1, -0.05) is 5.16 Å². The first-order valence-electron chi connectivity index (χ1n) is 7.22. The molecule has 0 atom stereocenters. The highest BCUT2D eigenvalue weighted by Crippen LogP contribution is 2.28. The fourth-order valence-electron chi connectivity index (χ4n) is 2.69. The highest BCUT2D eigenvalue weighted by Gasteiger charge is 2.27. The van der Waals surface area contributed by atoms with E-state index in [-0.39, 0.29) is 5.91 Å². The Hall–Kier alpha value is -2.31. The van der Waals surface area contributed by atoms with Gasteiger partial charge in [-0.3, -0.25) is 9.48 Å². The molecule has 0 unspecified atom stereocenters. The van der Waals surface area contributed by atoms with Crippen LogP contribution in [0.4, 0.5) is 5.88 Å². The second-order valence-electron chi connectivity index (χ2n) is 5.28. The van der Waals surface area contributed by atoms with E-state index >= 15 is 0 Å². The third kappa shape index (κ3) is 2.76. The number of hydrogen-bond acceptors (Lipinski definition) is 5. The number of aromatic nitrogens is 3. The summed E-state index contributed by atoms with van der Waals surface area (Å²) in [6.07, 6.45) is 3.57. The van der Waals surface area contributed by atoms with Gasteiger partial charge in [0.15, 0.2) is 0 Å². The fraction of sp³-hybridized carbons (Fsp3) is 0.500. The summed E-state index contributed by atoms with van der Waals surface area (Å²) in [7, 11) is 0. The second kappa shape index (κ2) is 5.59. The predicted octanol–water partition coefficient (Wildman–Crippen LogP) is 1.49. The Kier molecular flexibility index (Phi) is 3.64. The Morgan fingerprint density at radius 3 is 2.81 bits per heavy atom. The number of carbonyl (C=O) groups is 1. The van der Waals surface area contributed by atoms with Gasteiger partial charge in [-0.25, -0.2) is 0 Å². The van der Waals surface area contributed by atoms with E-state index in [1.165, 1.54) is 0 Å². The van der Waals surface area contributed by atoms with Crippen molar-refractivity contribution < 1.29 is 9.32 Å². The van der Waals surface area contributed by atoms with Gasteiger partial charge >= 0.3 is 0 Å². The SMILES string of the molecule is CCn1ccc(C(=O)N2CCC(c3cc(N)on3)CC2)n1. The van der Waals surface area contributed by atoms with Crippen LogP contribution in [0.25, 0.3) is 0 Å². The van der Waals surface area contributed by atoms with Crippen molar-refractivity contribution in [1.82, 2.24) is 19.8 Å². The molecule has 112 valence electrons. The average Bonchev–Trinajstić information content (AvgIpc) is 3.15. The van der Waals surface area contributed by atoms with Crippen LogP contribution in [0.15, 0.2) is 22.9 Å². The van der Waals surface area contributed by atoms with Gasteiger partial charge in [0.25, 0.3) is 5.91 Å². The Morgan fingerprint density at radius 2 is 2.24 bits per heavy atom. The first kappa shape index (κ1) is 13.7. The number of nitrogen functional groups attached to an aromatic ring is 1. The third-order valence-electron chi connectivity index (χ3n) is 3.93. The summed E-state index contributed by atoms with van der Waals surface area (Å²) in [4.78, 5) is 14.2. The smallest absolute Gasteiger partial charge is 0.274 e. The van der Waals surface area contributed by atoms with E-state index in [1.54, 1.807) is 16.8 Å². The van der Waals surface area contributed by atoms with Gasteiger partial charge in [0.2, 0.25) is 5.88 Å². The Bertz CT molecular complexity index is 625. The monoisotopic (exact) mass is 289 g/mol. The Labute approximate surface area is 122 Å². The molecular weight excluding hydrogens is 270 g/mol. The third-order valence-corrected chi connectivity index (χ3v) is 3.93. The van der Waals surface area contributed by atoms with E-state index in [0.717, 1.165) is 25.1 Å². The maximum Gasteiger partial charge on any atom is 0.274 e. The molecule has 0 saturated carbocycles. The lowest BCUT2D eigenvalue weighted by Gasteiger charge is -2.30. The summed E-state index contributed by atoms with van der Waals surface area (Å²) >= 11 is 0. The first-order valence-corrected chi connectivity index (χ1v) is 7.22. The zero-order valence-corrected chi connectivity index (χ0v) is 12.0. The summed E-state index contributed by atoms with van der Waals surface area (Å²) in [5.41, 5.74) is 6.95. The van der Waals surface area contributed by atoms with Crippen LogP contribution in [-0.2, 0) is 6.54 Å². The van der Waals surface area contributed by atoms with E-state index in [0.29, 0.717) is 30.6 Å². The van der Waals surface area contributed by atoms with Crippen LogP contribution in [0.1, 0.15) is 41.9 Å². The molecule has 1 saturated heterocycles. The van der Waals surface area contributed by atoms with Crippen molar-refractivity contribution in [3.05, 3.63) is 29.7 Å². The van der Waals surface area contributed by atoms with Crippen molar-refractivity contribution in [2.24, 2.45) is 0 Å². The van der Waals surface area contributed by atoms with E-state index < -0.39 is 0 Å². The molecular formula is C14H19N5O2. The zero-order valence-electron chi connectivity index (χ0n) is 12.0. The Balaban J connectivity index is 1.61. The van der Waals surface area contributed by atoms with Crippen molar-refractivity contribution in [2.45, 2.75) is 32.2 Å². The normalized spacial score (nSPS) is 16.3. The average molecular weight is 289 g/mol. The summed E-state index contributed by atoms with van der Waals surface area (Å²) in [6, 6.07) is 3.54. The van der Waals surface area contributed by atoms with Gasteiger partial charge in [-0.05, 0) is 25.8 Å². The largest absolute Gasteiger partial charge is 0.368 e. The number of piperidine rings is 1. The molecule has 0 spiro atoms. The van der Waals surface area contributed by atoms with Crippen LogP contribution in [0.2, 0.25) is 0 Å². The quantitative estimate of drug-likeness (QED) is 0.924. The number of nitrogens with two attached hydrogens (primary N) is 1. The molecule has 1 aliphatic heterocycles. The molecule has 0 aliphatic carbocycles. The molecule has 1 amide bonds. The maximum atomic E-state index is 12.4. The van der Waals surface area contributed by atoms with Gasteiger partial charge in [-0.2, -0.15) is 5.10 Å². The molecule has 21 heavy (non-hydrogen) atoms. The van der Waals surface area contributed by atoms with Crippen LogP contribution in [0.3, 0.4) is 0 Å². The molecule has 1 fully saturated rings. The molecule has 0 bridgehead atoms. The van der Waals surface area contributed by atoms with Crippen molar-refractivity contribution in [3.63, 3.8) is 0 Å². The minimum atomic E-state index is 0.000293. The lowest BCUT2D eigenvalue weighted by atomic mass is 9.93. The van der Waals surface area contributed by atoms with Crippen LogP contribution in [0, 0.1) is 0 Å². The maximum absolute atomic E-state index is 12.4. The molecule has 7 nitrogen and oxygen atoms in total. The number of hydrogen-bond donors (Lipinski definition) is 1. The molecule has 3 rings (SSSR count).